The predicted molar refractivity (Wildman–Crippen MR) is 152 cm³/mol. The maximum absolute atomic E-state index is 14.2. The van der Waals surface area contributed by atoms with Gasteiger partial charge in [0.1, 0.15) is 11.6 Å². The van der Waals surface area contributed by atoms with Crippen molar-refractivity contribution in [1.29, 1.82) is 0 Å². The van der Waals surface area contributed by atoms with Crippen LogP contribution >= 0.6 is 0 Å². The molecule has 2 atom stereocenters. The van der Waals surface area contributed by atoms with Crippen molar-refractivity contribution in [2.45, 2.75) is 59.8 Å². The molecular weight excluding hydrogens is 438 g/mol. The summed E-state index contributed by atoms with van der Waals surface area (Å²) in [5, 5.41) is 18.5. The molecule has 2 N–H and O–H groups in total. The van der Waals surface area contributed by atoms with Crippen molar-refractivity contribution in [3.8, 4) is 5.75 Å². The summed E-state index contributed by atoms with van der Waals surface area (Å²) in [4.78, 5) is 0. The minimum Gasteiger partial charge on any atom is -0.493 e. The van der Waals surface area contributed by atoms with Crippen molar-refractivity contribution in [3.05, 3.63) is 95.9 Å². The number of benzene rings is 2. The molecule has 0 spiro atoms. The highest BCUT2D eigenvalue weighted by Crippen LogP contribution is 2.39. The lowest BCUT2D eigenvalue weighted by atomic mass is 9.72. The molecule has 5 heteroatoms. The van der Waals surface area contributed by atoms with Crippen molar-refractivity contribution in [3.63, 3.8) is 0 Å². The highest BCUT2D eigenvalue weighted by molar-refractivity contribution is 6.58. The SMILES string of the molecule is CC.CCC(COc1ccc(B(O)O)c(F)c1)(CC1=CC=CCC=C1)C[C@H](C)Cc1ccccc1.[HH].[HH].[HH]. The Bertz CT molecular complexity index is 999. The molecule has 3 nitrogen and oxygen atoms in total. The summed E-state index contributed by atoms with van der Waals surface area (Å²) >= 11 is 0. The molecule has 194 valence electrons. The third-order valence-corrected chi connectivity index (χ3v) is 6.38. The molecule has 0 saturated carbocycles. The van der Waals surface area contributed by atoms with Crippen molar-refractivity contribution in [1.82, 2.24) is 0 Å². The molecule has 0 bridgehead atoms. The van der Waals surface area contributed by atoms with Gasteiger partial charge in [-0.25, -0.2) is 4.39 Å². The molecule has 0 aromatic heterocycles. The van der Waals surface area contributed by atoms with Gasteiger partial charge in [0.2, 0.25) is 0 Å². The topological polar surface area (TPSA) is 49.7 Å². The zero-order valence-electron chi connectivity index (χ0n) is 21.6. The van der Waals surface area contributed by atoms with Gasteiger partial charge in [-0.15, -0.1) is 0 Å². The van der Waals surface area contributed by atoms with E-state index < -0.39 is 12.9 Å². The van der Waals surface area contributed by atoms with Gasteiger partial charge in [0.15, 0.2) is 0 Å². The minimum absolute atomic E-state index is 0. The summed E-state index contributed by atoms with van der Waals surface area (Å²) in [6, 6.07) is 14.7. The fourth-order valence-corrected chi connectivity index (χ4v) is 4.60. The van der Waals surface area contributed by atoms with Gasteiger partial charge in [-0.05, 0) is 55.2 Å². The monoisotopic (exact) mass is 484 g/mol. The van der Waals surface area contributed by atoms with Gasteiger partial charge >= 0.3 is 7.12 Å². The van der Waals surface area contributed by atoms with Gasteiger partial charge in [-0.3, -0.25) is 0 Å². The number of ether oxygens (including phenoxy) is 1. The summed E-state index contributed by atoms with van der Waals surface area (Å²) in [7, 11) is -1.84. The van der Waals surface area contributed by atoms with Gasteiger partial charge in [-0.2, -0.15) is 0 Å². The van der Waals surface area contributed by atoms with Gasteiger partial charge in [0, 0.05) is 21.2 Å². The summed E-state index contributed by atoms with van der Waals surface area (Å²) in [6.07, 6.45) is 15.5. The first-order valence-electron chi connectivity index (χ1n) is 12.8. The van der Waals surface area contributed by atoms with Crippen LogP contribution in [-0.4, -0.2) is 23.8 Å². The van der Waals surface area contributed by atoms with Crippen LogP contribution in [0.3, 0.4) is 0 Å². The first kappa shape index (κ1) is 28.6. The highest BCUT2D eigenvalue weighted by atomic mass is 19.1. The molecule has 0 aliphatic heterocycles. The second kappa shape index (κ2) is 14.7. The highest BCUT2D eigenvalue weighted by Gasteiger charge is 2.32. The minimum atomic E-state index is -1.84. The zero-order valence-corrected chi connectivity index (χ0v) is 21.6. The molecule has 0 saturated heterocycles. The Morgan fingerprint density at radius 1 is 1.11 bits per heavy atom. The van der Waals surface area contributed by atoms with Crippen molar-refractivity contribution >= 4 is 12.6 Å². The first-order valence-corrected chi connectivity index (χ1v) is 12.8. The summed E-state index contributed by atoms with van der Waals surface area (Å²) in [5.41, 5.74) is 2.33. The molecule has 0 amide bonds. The van der Waals surface area contributed by atoms with Crippen LogP contribution in [0.4, 0.5) is 4.39 Å². The molecule has 3 rings (SSSR count). The first-order chi connectivity index (χ1) is 16.9. The molecule has 1 aliphatic carbocycles. The third-order valence-electron chi connectivity index (χ3n) is 6.38. The zero-order chi connectivity index (χ0) is 25.7. The van der Waals surface area contributed by atoms with Gasteiger partial charge in [0.05, 0.1) is 6.61 Å². The molecule has 35 heavy (non-hydrogen) atoms. The Labute approximate surface area is 215 Å². The molecule has 1 aliphatic rings. The second-order valence-corrected chi connectivity index (χ2v) is 9.18. The van der Waals surface area contributed by atoms with E-state index in [0.717, 1.165) is 32.1 Å². The number of rotatable bonds is 11. The van der Waals surface area contributed by atoms with Crippen LogP contribution in [0.5, 0.6) is 5.75 Å². The Kier molecular flexibility index (Phi) is 12.0. The van der Waals surface area contributed by atoms with E-state index in [-0.39, 0.29) is 15.2 Å². The lowest BCUT2D eigenvalue weighted by Crippen LogP contribution is -2.33. The molecule has 0 fully saturated rings. The fourth-order valence-electron chi connectivity index (χ4n) is 4.60. The summed E-state index contributed by atoms with van der Waals surface area (Å²) < 4.78 is 20.4. The third kappa shape index (κ3) is 9.16. The maximum atomic E-state index is 14.2. The Balaban J connectivity index is 0. The van der Waals surface area contributed by atoms with Crippen LogP contribution in [0, 0.1) is 17.2 Å². The van der Waals surface area contributed by atoms with E-state index in [2.05, 4.69) is 68.5 Å². The van der Waals surface area contributed by atoms with Gasteiger partial charge < -0.3 is 14.8 Å². The van der Waals surface area contributed by atoms with Crippen molar-refractivity contribution in [2.75, 3.05) is 6.61 Å². The van der Waals surface area contributed by atoms with Crippen LogP contribution in [0.15, 0.2) is 84.5 Å². The van der Waals surface area contributed by atoms with E-state index in [4.69, 9.17) is 4.74 Å². The molecule has 2 aromatic rings. The second-order valence-electron chi connectivity index (χ2n) is 9.18. The summed E-state index contributed by atoms with van der Waals surface area (Å²) in [5.74, 6) is 0.169. The standard InChI is InChI=1S/C28H34BFO3.C2H6.3H2/c1-3-28(20-24-13-7-4-5-8-14-24,19-22(2)17-23-11-9-6-10-12-23)21-33-25-15-16-26(29(31)32)27(30)18-25;1-2;;;/h4,6-16,18,22,31-32H,3,5,17,19-21H2,1-2H3;1-2H3;3*1H/t22-,28?;;;;/m1..../s1. The van der Waals surface area contributed by atoms with E-state index in [9.17, 15) is 14.4 Å². The van der Waals surface area contributed by atoms with E-state index in [1.807, 2.05) is 19.9 Å². The largest absolute Gasteiger partial charge is 0.493 e. The van der Waals surface area contributed by atoms with E-state index in [1.54, 1.807) is 6.07 Å². The van der Waals surface area contributed by atoms with E-state index in [0.29, 0.717) is 18.3 Å². The maximum Gasteiger partial charge on any atom is 0.491 e. The van der Waals surface area contributed by atoms with E-state index in [1.165, 1.54) is 23.3 Å². The number of hydrogen-bond donors (Lipinski definition) is 2. The average molecular weight is 485 g/mol. The number of hydrogen-bond acceptors (Lipinski definition) is 3. The molecule has 2 aromatic carbocycles. The van der Waals surface area contributed by atoms with Crippen LogP contribution in [0.25, 0.3) is 0 Å². The normalized spacial score (nSPS) is 15.2. The number of allylic oxidation sites excluding steroid dienone is 6. The summed E-state index contributed by atoms with van der Waals surface area (Å²) in [6.45, 7) is 8.94. The van der Waals surface area contributed by atoms with Crippen LogP contribution < -0.4 is 10.2 Å². The van der Waals surface area contributed by atoms with Gasteiger partial charge in [-0.1, -0.05) is 94.5 Å². The number of halogens is 1. The van der Waals surface area contributed by atoms with Crippen molar-refractivity contribution < 1.29 is 23.5 Å². The van der Waals surface area contributed by atoms with Crippen LogP contribution in [0.1, 0.15) is 63.2 Å². The smallest absolute Gasteiger partial charge is 0.491 e. The predicted octanol–water partition coefficient (Wildman–Crippen LogP) is 7.15. The molecule has 0 heterocycles. The lowest BCUT2D eigenvalue weighted by Gasteiger charge is -2.36. The quantitative estimate of drug-likeness (QED) is 0.333. The van der Waals surface area contributed by atoms with Crippen LogP contribution in [0.2, 0.25) is 0 Å². The average Bonchev–Trinajstić information content (AvgIpc) is 3.12. The van der Waals surface area contributed by atoms with Crippen molar-refractivity contribution in [2.24, 2.45) is 11.3 Å². The Hall–Kier alpha value is -2.63. The lowest BCUT2D eigenvalue weighted by molar-refractivity contribution is 0.109. The Morgan fingerprint density at radius 3 is 2.51 bits per heavy atom. The molecule has 1 unspecified atom stereocenters. The fraction of sp³-hybridized carbons (Fsp3) is 0.400. The molecule has 0 radical (unpaired) electrons. The van der Waals surface area contributed by atoms with E-state index >= 15 is 0 Å². The molecular formula is C30H46BFO3. The van der Waals surface area contributed by atoms with Gasteiger partial charge in [0.25, 0.3) is 0 Å². The van der Waals surface area contributed by atoms with Crippen LogP contribution in [-0.2, 0) is 6.42 Å². The Morgan fingerprint density at radius 2 is 1.86 bits per heavy atom.